The van der Waals surface area contributed by atoms with E-state index in [0.717, 1.165) is 5.92 Å². The molecule has 1 aromatic carbocycles. The van der Waals surface area contributed by atoms with Crippen LogP contribution in [0.2, 0.25) is 0 Å². The van der Waals surface area contributed by atoms with Crippen LogP contribution < -0.4 is 4.57 Å². The highest BCUT2D eigenvalue weighted by Gasteiger charge is 2.42. The molecule has 1 aliphatic carbocycles. The molecule has 1 nitrogen and oxygen atoms in total. The predicted molar refractivity (Wildman–Crippen MR) is 88.7 cm³/mol. The van der Waals surface area contributed by atoms with Gasteiger partial charge in [-0.15, -0.1) is 0 Å². The van der Waals surface area contributed by atoms with E-state index in [-0.39, 0.29) is 0 Å². The molecule has 2 atom stereocenters. The number of para-hydroxylation sites is 1. The number of benzene rings is 1. The highest BCUT2D eigenvalue weighted by Crippen LogP contribution is 2.46. The Labute approximate surface area is 131 Å². The molecule has 2 heterocycles. The minimum Gasteiger partial charge on any atom is -0.153 e. The van der Waals surface area contributed by atoms with E-state index in [9.17, 15) is 0 Å². The largest absolute Gasteiger partial charge is 0.231 e. The van der Waals surface area contributed by atoms with Crippen molar-refractivity contribution in [2.45, 2.75) is 64.2 Å². The summed E-state index contributed by atoms with van der Waals surface area (Å²) in [6, 6.07) is 6.95. The van der Waals surface area contributed by atoms with Crippen molar-refractivity contribution in [2.24, 2.45) is 0 Å². The summed E-state index contributed by atoms with van der Waals surface area (Å²) >= 11 is 1.98. The summed E-state index contributed by atoms with van der Waals surface area (Å²) in [6.45, 7) is 7.08. The zero-order valence-corrected chi connectivity index (χ0v) is 14.0. The highest BCUT2D eigenvalue weighted by atomic mass is 32.1. The standard InChI is InChI=1S/C19H24NS/c1-12(2)14-8-6-9-15-13(3)16-7-4-5-10-17-19(16)20(11-21-17)18(14)15/h6,8-9,11-13,16H,4-5,7,10H2,1-3H3/q+1. The summed E-state index contributed by atoms with van der Waals surface area (Å²) in [5.74, 6) is 1.96. The maximum absolute atomic E-state index is 2.56. The zero-order chi connectivity index (χ0) is 14.6. The van der Waals surface area contributed by atoms with E-state index in [4.69, 9.17) is 0 Å². The van der Waals surface area contributed by atoms with Crippen LogP contribution in [0, 0.1) is 0 Å². The van der Waals surface area contributed by atoms with Crippen LogP contribution in [0.3, 0.4) is 0 Å². The zero-order valence-electron chi connectivity index (χ0n) is 13.2. The molecule has 4 rings (SSSR count). The molecule has 0 fully saturated rings. The third-order valence-corrected chi connectivity index (χ3v) is 6.44. The number of thiazole rings is 1. The van der Waals surface area contributed by atoms with E-state index in [1.165, 1.54) is 36.9 Å². The van der Waals surface area contributed by atoms with Gasteiger partial charge in [0.15, 0.2) is 0 Å². The highest BCUT2D eigenvalue weighted by molar-refractivity contribution is 7.09. The lowest BCUT2D eigenvalue weighted by Gasteiger charge is -2.28. The van der Waals surface area contributed by atoms with Crippen molar-refractivity contribution in [2.75, 3.05) is 0 Å². The number of aromatic nitrogens is 1. The van der Waals surface area contributed by atoms with Crippen LogP contribution in [-0.4, -0.2) is 0 Å². The van der Waals surface area contributed by atoms with Gasteiger partial charge in [0, 0.05) is 17.0 Å². The fraction of sp³-hybridized carbons (Fsp3) is 0.526. The predicted octanol–water partition coefficient (Wildman–Crippen LogP) is 5.08. The first-order chi connectivity index (χ1) is 10.2. The van der Waals surface area contributed by atoms with Crippen molar-refractivity contribution >= 4 is 11.3 Å². The van der Waals surface area contributed by atoms with Gasteiger partial charge in [0.05, 0.1) is 10.8 Å². The van der Waals surface area contributed by atoms with Crippen LogP contribution in [-0.2, 0) is 6.42 Å². The minimum absolute atomic E-state index is 0.581. The normalized spacial score (nSPS) is 23.6. The Bertz CT molecular complexity index is 683. The Morgan fingerprint density at radius 3 is 2.90 bits per heavy atom. The molecule has 0 saturated carbocycles. The van der Waals surface area contributed by atoms with Crippen LogP contribution in [0.1, 0.15) is 79.5 Å². The summed E-state index contributed by atoms with van der Waals surface area (Å²) in [5, 5.41) is 0. The van der Waals surface area contributed by atoms with E-state index in [2.05, 4.69) is 49.0 Å². The molecule has 0 amide bonds. The van der Waals surface area contributed by atoms with Gasteiger partial charge >= 0.3 is 0 Å². The average Bonchev–Trinajstić information content (AvgIpc) is 2.77. The maximum Gasteiger partial charge on any atom is 0.231 e. The quantitative estimate of drug-likeness (QED) is 0.647. The summed E-state index contributed by atoms with van der Waals surface area (Å²) in [4.78, 5) is 1.65. The average molecular weight is 298 g/mol. The third kappa shape index (κ3) is 1.92. The van der Waals surface area contributed by atoms with Crippen molar-refractivity contribution in [1.29, 1.82) is 0 Å². The van der Waals surface area contributed by atoms with Crippen molar-refractivity contribution in [3.8, 4) is 5.69 Å². The molecule has 0 saturated heterocycles. The molecule has 2 aliphatic rings. The summed E-state index contributed by atoms with van der Waals surface area (Å²) in [7, 11) is 0. The van der Waals surface area contributed by atoms with Gasteiger partial charge in [-0.2, -0.15) is 4.57 Å². The molecule has 21 heavy (non-hydrogen) atoms. The van der Waals surface area contributed by atoms with Gasteiger partial charge in [-0.1, -0.05) is 56.7 Å². The van der Waals surface area contributed by atoms with Crippen LogP contribution >= 0.6 is 11.3 Å². The Hall–Kier alpha value is -1.15. The summed E-state index contributed by atoms with van der Waals surface area (Å²) < 4.78 is 2.56. The molecule has 0 bridgehead atoms. The van der Waals surface area contributed by atoms with E-state index < -0.39 is 0 Å². The monoisotopic (exact) mass is 298 g/mol. The summed E-state index contributed by atoms with van der Waals surface area (Å²) in [5.41, 5.74) is 8.59. The first kappa shape index (κ1) is 13.5. The Morgan fingerprint density at radius 2 is 2.10 bits per heavy atom. The maximum atomic E-state index is 2.56. The molecule has 1 aliphatic heterocycles. The molecule has 2 unspecified atom stereocenters. The van der Waals surface area contributed by atoms with Crippen molar-refractivity contribution in [3.63, 3.8) is 0 Å². The van der Waals surface area contributed by atoms with Gasteiger partial charge in [-0.3, -0.25) is 0 Å². The van der Waals surface area contributed by atoms with Crippen molar-refractivity contribution in [1.82, 2.24) is 0 Å². The van der Waals surface area contributed by atoms with Crippen LogP contribution in [0.4, 0.5) is 0 Å². The SMILES string of the molecule is CC(C)c1cccc2c1-[n+]1csc3c1C(CCCC3)C2C. The fourth-order valence-corrected chi connectivity index (χ4v) is 5.38. The third-order valence-electron chi connectivity index (χ3n) is 5.42. The number of fused-ring (bicyclic) bond motifs is 2. The summed E-state index contributed by atoms with van der Waals surface area (Å²) in [6.07, 6.45) is 5.39. The smallest absolute Gasteiger partial charge is 0.153 e. The molecular weight excluding hydrogens is 274 g/mol. The minimum atomic E-state index is 0.581. The number of hydrogen-bond donors (Lipinski definition) is 0. The van der Waals surface area contributed by atoms with Gasteiger partial charge in [-0.05, 0) is 25.2 Å². The Morgan fingerprint density at radius 1 is 1.24 bits per heavy atom. The molecular formula is C19H24NS+. The van der Waals surface area contributed by atoms with Crippen LogP contribution in [0.25, 0.3) is 5.69 Å². The molecule has 110 valence electrons. The van der Waals surface area contributed by atoms with Gasteiger partial charge in [0.1, 0.15) is 0 Å². The molecule has 2 heteroatoms. The number of rotatable bonds is 1. The Balaban J connectivity index is 2.01. The van der Waals surface area contributed by atoms with Gasteiger partial charge in [0.2, 0.25) is 16.9 Å². The van der Waals surface area contributed by atoms with Crippen LogP contribution in [0.15, 0.2) is 23.7 Å². The molecule has 1 aromatic heterocycles. The van der Waals surface area contributed by atoms with Crippen molar-refractivity contribution < 1.29 is 4.57 Å². The number of hydrogen-bond acceptors (Lipinski definition) is 1. The number of aryl methyl sites for hydroxylation is 1. The fourth-order valence-electron chi connectivity index (χ4n) is 4.29. The molecule has 0 N–H and O–H groups in total. The first-order valence-electron chi connectivity index (χ1n) is 8.33. The molecule has 2 aromatic rings. The van der Waals surface area contributed by atoms with E-state index in [0.29, 0.717) is 11.8 Å². The topological polar surface area (TPSA) is 3.88 Å². The van der Waals surface area contributed by atoms with Gasteiger partial charge < -0.3 is 0 Å². The second kappa shape index (κ2) is 4.95. The van der Waals surface area contributed by atoms with Gasteiger partial charge in [-0.25, -0.2) is 0 Å². The van der Waals surface area contributed by atoms with E-state index in [1.807, 2.05) is 11.3 Å². The Kier molecular flexibility index (Phi) is 3.18. The lowest BCUT2D eigenvalue weighted by molar-refractivity contribution is -0.605. The van der Waals surface area contributed by atoms with Crippen molar-refractivity contribution in [3.05, 3.63) is 45.4 Å². The second-order valence-electron chi connectivity index (χ2n) is 6.98. The molecule has 0 radical (unpaired) electrons. The van der Waals surface area contributed by atoms with Crippen LogP contribution in [0.5, 0.6) is 0 Å². The number of nitrogens with zero attached hydrogens (tertiary/aromatic N) is 1. The lowest BCUT2D eigenvalue weighted by Crippen LogP contribution is -2.42. The molecule has 0 spiro atoms. The first-order valence-corrected chi connectivity index (χ1v) is 9.21. The van der Waals surface area contributed by atoms with E-state index in [1.54, 1.807) is 16.1 Å². The second-order valence-corrected chi connectivity index (χ2v) is 7.92. The van der Waals surface area contributed by atoms with Gasteiger partial charge in [0.25, 0.3) is 0 Å². The van der Waals surface area contributed by atoms with E-state index >= 15 is 0 Å². The lowest BCUT2D eigenvalue weighted by atomic mass is 9.77.